The first-order chi connectivity index (χ1) is 15.2. The Hall–Kier alpha value is -2.05. The lowest BCUT2D eigenvalue weighted by Gasteiger charge is -2.42. The summed E-state index contributed by atoms with van der Waals surface area (Å²) in [5.41, 5.74) is 1.16. The van der Waals surface area contributed by atoms with Gasteiger partial charge in [0.05, 0.1) is 18.8 Å². The van der Waals surface area contributed by atoms with E-state index in [4.69, 9.17) is 4.74 Å². The van der Waals surface area contributed by atoms with E-state index >= 15 is 0 Å². The number of amides is 1. The van der Waals surface area contributed by atoms with Crippen LogP contribution in [0.5, 0.6) is 5.75 Å². The predicted octanol–water partition coefficient (Wildman–Crippen LogP) is 4.71. The highest BCUT2D eigenvalue weighted by Gasteiger charge is 2.32. The number of methoxy groups -OCH3 is 1. The largest absolute Gasteiger partial charge is 0.495 e. The Bertz CT molecular complexity index is 827. The molecule has 5 nitrogen and oxygen atoms in total. The first-order valence-electron chi connectivity index (χ1n) is 11.6. The second-order valence-corrected chi connectivity index (χ2v) is 9.77. The molecule has 1 amide bonds. The van der Waals surface area contributed by atoms with E-state index in [-0.39, 0.29) is 23.9 Å². The van der Waals surface area contributed by atoms with Gasteiger partial charge in [0, 0.05) is 43.0 Å². The molecule has 1 N–H and O–H groups in total. The van der Waals surface area contributed by atoms with E-state index in [2.05, 4.69) is 51.7 Å². The van der Waals surface area contributed by atoms with Gasteiger partial charge in [-0.2, -0.15) is 0 Å². The molecule has 1 aliphatic heterocycles. The molecule has 1 aromatic heterocycles. The second-order valence-electron chi connectivity index (χ2n) is 8.79. The maximum atomic E-state index is 12.9. The first kappa shape index (κ1) is 22.2. The Morgan fingerprint density at radius 2 is 1.81 bits per heavy atom. The molecule has 0 radical (unpaired) electrons. The molecule has 2 heterocycles. The zero-order valence-corrected chi connectivity index (χ0v) is 19.6. The quantitative estimate of drug-likeness (QED) is 0.676. The van der Waals surface area contributed by atoms with Gasteiger partial charge >= 0.3 is 0 Å². The van der Waals surface area contributed by atoms with Crippen LogP contribution in [-0.2, 0) is 4.79 Å². The summed E-state index contributed by atoms with van der Waals surface area (Å²) in [6.07, 6.45) is 5.73. The number of anilines is 1. The van der Waals surface area contributed by atoms with Gasteiger partial charge < -0.3 is 15.0 Å². The molecule has 1 aromatic carbocycles. The molecule has 2 aromatic rings. The standard InChI is InChI=1S/C25H35N3O2S/c1-19(26-25(29)20-9-4-3-5-10-20)24(23-13-8-18-31-23)28-16-14-27(15-17-28)21-11-6-7-12-22(21)30-2/h6-8,11-13,18-20,24H,3-5,9-10,14-17H2,1-2H3,(H,26,29)/t19-,24-/m1/s1. The minimum atomic E-state index is 0.0888. The Morgan fingerprint density at radius 3 is 2.48 bits per heavy atom. The summed E-state index contributed by atoms with van der Waals surface area (Å²) in [4.78, 5) is 19.2. The van der Waals surface area contributed by atoms with Crippen molar-refractivity contribution in [1.29, 1.82) is 0 Å². The molecule has 1 aliphatic carbocycles. The van der Waals surface area contributed by atoms with Crippen LogP contribution in [0.25, 0.3) is 0 Å². The van der Waals surface area contributed by atoms with Crippen LogP contribution in [0.3, 0.4) is 0 Å². The molecule has 0 spiro atoms. The van der Waals surface area contributed by atoms with Crippen molar-refractivity contribution in [3.05, 3.63) is 46.7 Å². The average Bonchev–Trinajstić information content (AvgIpc) is 3.34. The lowest BCUT2D eigenvalue weighted by atomic mass is 9.88. The highest BCUT2D eigenvalue weighted by Crippen LogP contribution is 2.33. The average molecular weight is 442 g/mol. The van der Waals surface area contributed by atoms with Crippen LogP contribution in [-0.4, -0.2) is 50.1 Å². The van der Waals surface area contributed by atoms with E-state index in [0.29, 0.717) is 0 Å². The Balaban J connectivity index is 1.43. The van der Waals surface area contributed by atoms with Gasteiger partial charge in [-0.15, -0.1) is 11.3 Å². The lowest BCUT2D eigenvalue weighted by Crippen LogP contribution is -2.53. The molecule has 6 heteroatoms. The van der Waals surface area contributed by atoms with Crippen LogP contribution in [0.15, 0.2) is 41.8 Å². The molecule has 2 aliphatic rings. The summed E-state index contributed by atoms with van der Waals surface area (Å²) in [6.45, 7) is 6.00. The van der Waals surface area contributed by atoms with E-state index in [9.17, 15) is 4.79 Å². The molecular weight excluding hydrogens is 406 g/mol. The molecule has 168 valence electrons. The number of benzene rings is 1. The number of rotatable bonds is 7. The van der Waals surface area contributed by atoms with Crippen molar-refractivity contribution in [2.75, 3.05) is 38.2 Å². The van der Waals surface area contributed by atoms with E-state index in [1.165, 1.54) is 24.1 Å². The van der Waals surface area contributed by atoms with Crippen molar-refractivity contribution < 1.29 is 9.53 Å². The number of thiophene rings is 1. The molecule has 2 fully saturated rings. The molecular formula is C25H35N3O2S. The van der Waals surface area contributed by atoms with Gasteiger partial charge in [0.1, 0.15) is 5.75 Å². The number of nitrogens with one attached hydrogen (secondary N) is 1. The third-order valence-corrected chi connectivity index (χ3v) is 7.73. The molecule has 31 heavy (non-hydrogen) atoms. The van der Waals surface area contributed by atoms with E-state index < -0.39 is 0 Å². The third kappa shape index (κ3) is 5.24. The summed E-state index contributed by atoms with van der Waals surface area (Å²) in [5, 5.41) is 5.53. The van der Waals surface area contributed by atoms with Gasteiger partial charge in [0.25, 0.3) is 0 Å². The van der Waals surface area contributed by atoms with Crippen molar-refractivity contribution >= 4 is 22.9 Å². The zero-order valence-electron chi connectivity index (χ0n) is 18.8. The van der Waals surface area contributed by atoms with Gasteiger partial charge in [-0.3, -0.25) is 9.69 Å². The maximum Gasteiger partial charge on any atom is 0.223 e. The van der Waals surface area contributed by atoms with Gasteiger partial charge in [0.15, 0.2) is 0 Å². The van der Waals surface area contributed by atoms with Crippen LogP contribution >= 0.6 is 11.3 Å². The van der Waals surface area contributed by atoms with E-state index in [1.54, 1.807) is 18.4 Å². The number of hydrogen-bond donors (Lipinski definition) is 1. The summed E-state index contributed by atoms with van der Waals surface area (Å²) in [7, 11) is 1.73. The number of nitrogens with zero attached hydrogens (tertiary/aromatic N) is 2. The van der Waals surface area contributed by atoms with E-state index in [0.717, 1.165) is 50.5 Å². The molecule has 2 atom stereocenters. The van der Waals surface area contributed by atoms with Gasteiger partial charge in [-0.1, -0.05) is 37.5 Å². The van der Waals surface area contributed by atoms with Crippen LogP contribution < -0.4 is 15.0 Å². The van der Waals surface area contributed by atoms with Crippen molar-refractivity contribution in [2.45, 2.75) is 51.1 Å². The zero-order chi connectivity index (χ0) is 21.6. The highest BCUT2D eigenvalue weighted by molar-refractivity contribution is 7.10. The summed E-state index contributed by atoms with van der Waals surface area (Å²) < 4.78 is 5.57. The van der Waals surface area contributed by atoms with Crippen molar-refractivity contribution in [3.8, 4) is 5.75 Å². The minimum absolute atomic E-state index is 0.0888. The summed E-state index contributed by atoms with van der Waals surface area (Å²) in [6, 6.07) is 12.9. The normalized spacial score (nSPS) is 20.3. The van der Waals surface area contributed by atoms with Gasteiger partial charge in [0.2, 0.25) is 5.91 Å². The molecule has 0 unspecified atom stereocenters. The topological polar surface area (TPSA) is 44.8 Å². The fourth-order valence-electron chi connectivity index (χ4n) is 5.12. The number of carbonyl (C=O) groups excluding carboxylic acids is 1. The van der Waals surface area contributed by atoms with Gasteiger partial charge in [-0.05, 0) is 43.3 Å². The minimum Gasteiger partial charge on any atom is -0.495 e. The van der Waals surface area contributed by atoms with E-state index in [1.807, 2.05) is 12.1 Å². The Labute approximate surface area is 190 Å². The molecule has 1 saturated carbocycles. The number of carbonyl (C=O) groups is 1. The van der Waals surface area contributed by atoms with Crippen molar-refractivity contribution in [2.24, 2.45) is 5.92 Å². The Kier molecular flexibility index (Phi) is 7.51. The van der Waals surface area contributed by atoms with Crippen LogP contribution in [0.4, 0.5) is 5.69 Å². The fraction of sp³-hybridized carbons (Fsp3) is 0.560. The van der Waals surface area contributed by atoms with Crippen molar-refractivity contribution in [1.82, 2.24) is 10.2 Å². The Morgan fingerprint density at radius 1 is 1.06 bits per heavy atom. The maximum absolute atomic E-state index is 12.9. The summed E-state index contributed by atoms with van der Waals surface area (Å²) in [5.74, 6) is 1.38. The smallest absolute Gasteiger partial charge is 0.223 e. The number of para-hydroxylation sites is 2. The van der Waals surface area contributed by atoms with Crippen LogP contribution in [0.1, 0.15) is 49.9 Å². The number of hydrogen-bond acceptors (Lipinski definition) is 5. The number of ether oxygens (including phenoxy) is 1. The summed E-state index contributed by atoms with van der Waals surface area (Å²) >= 11 is 1.79. The fourth-order valence-corrected chi connectivity index (χ4v) is 6.08. The van der Waals surface area contributed by atoms with Crippen LogP contribution in [0.2, 0.25) is 0 Å². The second kappa shape index (κ2) is 10.5. The molecule has 0 bridgehead atoms. The number of piperazine rings is 1. The molecule has 4 rings (SSSR count). The highest BCUT2D eigenvalue weighted by atomic mass is 32.1. The van der Waals surface area contributed by atoms with Gasteiger partial charge in [-0.25, -0.2) is 0 Å². The van der Waals surface area contributed by atoms with Crippen molar-refractivity contribution in [3.63, 3.8) is 0 Å². The monoisotopic (exact) mass is 441 g/mol. The lowest BCUT2D eigenvalue weighted by molar-refractivity contribution is -0.127. The SMILES string of the molecule is COc1ccccc1N1CCN([C@@H](c2cccs2)[C@@H](C)NC(=O)C2CCCCC2)CC1. The predicted molar refractivity (Wildman–Crippen MR) is 128 cm³/mol. The third-order valence-electron chi connectivity index (χ3n) is 6.79. The first-order valence-corrected chi connectivity index (χ1v) is 12.5. The molecule has 1 saturated heterocycles. The van der Waals surface area contributed by atoms with Crippen LogP contribution in [0, 0.1) is 5.92 Å².